The van der Waals surface area contributed by atoms with Crippen LogP contribution < -0.4 is 25.6 Å². The largest absolute Gasteiger partial charge is 0.493 e. The van der Waals surface area contributed by atoms with Gasteiger partial charge in [-0.25, -0.2) is 14.4 Å². The third kappa shape index (κ3) is 16.8. The van der Waals surface area contributed by atoms with Gasteiger partial charge in [0.2, 0.25) is 5.91 Å². The molecule has 2 aliphatic heterocycles. The zero-order valence-electron chi connectivity index (χ0n) is 45.5. The molecule has 78 heavy (non-hydrogen) atoms. The van der Waals surface area contributed by atoms with E-state index in [4.69, 9.17) is 35.3 Å². The smallest absolute Gasteiger partial charge is 0.411 e. The summed E-state index contributed by atoms with van der Waals surface area (Å²) in [6.45, 7) is 14.7. The van der Waals surface area contributed by atoms with E-state index in [1.807, 2.05) is 30.3 Å². The summed E-state index contributed by atoms with van der Waals surface area (Å²) in [4.78, 5) is 107. The van der Waals surface area contributed by atoms with Crippen molar-refractivity contribution in [1.82, 2.24) is 15.5 Å². The lowest BCUT2D eigenvalue weighted by Crippen LogP contribution is -2.42. The number of ketones is 2. The lowest BCUT2D eigenvalue weighted by molar-refractivity contribution is -0.142. The monoisotopic (exact) mass is 1090 g/mol. The molecule has 0 aromatic heterocycles. The molecule has 1 fully saturated rings. The van der Waals surface area contributed by atoms with Crippen LogP contribution in [0.1, 0.15) is 135 Å². The maximum Gasteiger partial charge on any atom is 0.411 e. The lowest BCUT2D eigenvalue weighted by Gasteiger charge is -2.26. The van der Waals surface area contributed by atoms with Gasteiger partial charge in [0.1, 0.15) is 31.2 Å². The van der Waals surface area contributed by atoms with E-state index < -0.39 is 35.9 Å². The first-order valence-electron chi connectivity index (χ1n) is 26.5. The Hall–Kier alpha value is -7.47. The Bertz CT molecular complexity index is 2850. The quantitative estimate of drug-likeness (QED) is 0.0140. The van der Waals surface area contributed by atoms with E-state index in [9.17, 15) is 38.4 Å². The number of nitrogens with one attached hydrogen (secondary N) is 3. The molecule has 0 bridgehead atoms. The van der Waals surface area contributed by atoms with Crippen LogP contribution in [0.4, 0.5) is 25.8 Å². The predicted octanol–water partition coefficient (Wildman–Crippen LogP) is 10.3. The number of rotatable bonds is 25. The summed E-state index contributed by atoms with van der Waals surface area (Å²) in [5, 5.41) is 9.84. The van der Waals surface area contributed by atoms with E-state index in [0.29, 0.717) is 104 Å². The van der Waals surface area contributed by atoms with E-state index in [2.05, 4.69) is 22.5 Å². The fourth-order valence-corrected chi connectivity index (χ4v) is 9.80. The second-order valence-corrected chi connectivity index (χ2v) is 20.9. The molecular formula is C59H72ClN5O13. The maximum absolute atomic E-state index is 14.3. The number of halogens is 1. The van der Waals surface area contributed by atoms with Crippen LogP contribution in [0.25, 0.3) is 10.8 Å². The number of likely N-dealkylation sites (tertiary alicyclic amines) is 1. The van der Waals surface area contributed by atoms with Crippen molar-refractivity contribution < 1.29 is 62.0 Å². The predicted molar refractivity (Wildman–Crippen MR) is 297 cm³/mol. The van der Waals surface area contributed by atoms with Crippen LogP contribution in [0.5, 0.6) is 5.75 Å². The van der Waals surface area contributed by atoms with Gasteiger partial charge in [0.25, 0.3) is 5.91 Å². The Morgan fingerprint density at radius 2 is 1.58 bits per heavy atom. The number of ether oxygens (including phenoxy) is 5. The van der Waals surface area contributed by atoms with E-state index in [1.54, 1.807) is 73.9 Å². The summed E-state index contributed by atoms with van der Waals surface area (Å²) >= 11 is 6.45. The number of carbonyl (C=O) groups excluding carboxylic acids is 8. The Morgan fingerprint density at radius 3 is 2.27 bits per heavy atom. The zero-order valence-corrected chi connectivity index (χ0v) is 46.2. The molecule has 0 saturated carbocycles. The molecule has 6 rings (SSSR count). The summed E-state index contributed by atoms with van der Waals surface area (Å²) < 4.78 is 27.5. The number of unbranched alkanes of at least 4 members (excludes halogenated alkanes) is 2. The molecule has 418 valence electrons. The van der Waals surface area contributed by atoms with E-state index >= 15 is 0 Å². The molecule has 1 saturated heterocycles. The van der Waals surface area contributed by atoms with Gasteiger partial charge in [-0.3, -0.25) is 29.3 Å². The number of alkyl carbamates (subject to hydrolysis) is 2. The van der Waals surface area contributed by atoms with Gasteiger partial charge < -0.3 is 44.1 Å². The minimum atomic E-state index is -0.864. The van der Waals surface area contributed by atoms with Crippen LogP contribution >= 0.6 is 11.6 Å². The third-order valence-corrected chi connectivity index (χ3v) is 13.7. The number of nitrogens with zero attached hydrogens (tertiary/aromatic N) is 2. The Kier molecular flexibility index (Phi) is 21.6. The second-order valence-electron chi connectivity index (χ2n) is 20.5. The molecule has 0 unspecified atom stereocenters. The minimum absolute atomic E-state index is 0.0135. The SMILES string of the molecule is C=CCOC(=O)N[C@@H](CCCCNC(=O)OC(C)(C)C)C(=O)Cc1ccc(COC(=O)Nc2cc(OCCCCC(=O)N3C[C@@H](CCl)c4c3cc(C(C)=O)c3ccccc43)c(C)cc2C(=O)N2CCC[C@H]2COC(C)=O)cc1. The van der Waals surface area contributed by atoms with Crippen molar-refractivity contribution in [2.24, 2.45) is 0 Å². The molecule has 4 aromatic rings. The van der Waals surface area contributed by atoms with Gasteiger partial charge in [0.05, 0.1) is 29.9 Å². The molecule has 0 spiro atoms. The summed E-state index contributed by atoms with van der Waals surface area (Å²) in [6.07, 6.45) is 3.14. The molecule has 0 aliphatic carbocycles. The molecule has 18 nitrogen and oxygen atoms in total. The van der Waals surface area contributed by atoms with Gasteiger partial charge in [0, 0.05) is 68.5 Å². The highest BCUT2D eigenvalue weighted by Gasteiger charge is 2.35. The van der Waals surface area contributed by atoms with Crippen molar-refractivity contribution in [3.8, 4) is 5.75 Å². The minimum Gasteiger partial charge on any atom is -0.493 e. The first-order valence-corrected chi connectivity index (χ1v) is 27.0. The van der Waals surface area contributed by atoms with Crippen LogP contribution in [0, 0.1) is 6.92 Å². The summed E-state index contributed by atoms with van der Waals surface area (Å²) in [5.74, 6) is -0.627. The van der Waals surface area contributed by atoms with E-state index in [-0.39, 0.29) is 85.9 Å². The van der Waals surface area contributed by atoms with Gasteiger partial charge >= 0.3 is 24.2 Å². The van der Waals surface area contributed by atoms with Crippen molar-refractivity contribution in [1.29, 1.82) is 0 Å². The number of hydrogen-bond donors (Lipinski definition) is 3. The number of hydrogen-bond acceptors (Lipinski definition) is 13. The van der Waals surface area contributed by atoms with Crippen LogP contribution in [-0.4, -0.2) is 116 Å². The number of benzene rings is 4. The van der Waals surface area contributed by atoms with Gasteiger partial charge in [0.15, 0.2) is 11.6 Å². The maximum atomic E-state index is 14.3. The van der Waals surface area contributed by atoms with Crippen LogP contribution in [0.2, 0.25) is 0 Å². The van der Waals surface area contributed by atoms with Crippen molar-refractivity contribution in [2.75, 3.05) is 55.6 Å². The highest BCUT2D eigenvalue weighted by molar-refractivity contribution is 6.19. The fourth-order valence-electron chi connectivity index (χ4n) is 9.55. The topological polar surface area (TPSA) is 225 Å². The Morgan fingerprint density at radius 1 is 0.846 bits per heavy atom. The van der Waals surface area contributed by atoms with Crippen LogP contribution in [0.15, 0.2) is 79.4 Å². The lowest BCUT2D eigenvalue weighted by atomic mass is 9.92. The number of Topliss-reactive ketones (excluding diaryl/α,β-unsaturated/α-hetero) is 2. The van der Waals surface area contributed by atoms with Crippen molar-refractivity contribution in [3.63, 3.8) is 0 Å². The highest BCUT2D eigenvalue weighted by atomic mass is 35.5. The molecule has 4 aromatic carbocycles. The van der Waals surface area contributed by atoms with Gasteiger partial charge in [-0.05, 0) is 125 Å². The molecule has 3 N–H and O–H groups in total. The summed E-state index contributed by atoms with van der Waals surface area (Å²) in [6, 6.07) is 18.4. The van der Waals surface area contributed by atoms with E-state index in [1.165, 1.54) is 19.9 Å². The van der Waals surface area contributed by atoms with Crippen molar-refractivity contribution in [3.05, 3.63) is 113 Å². The normalized spacial score (nSPS) is 15.2. The molecule has 0 radical (unpaired) electrons. The zero-order chi connectivity index (χ0) is 56.5. The third-order valence-electron chi connectivity index (χ3n) is 13.3. The van der Waals surface area contributed by atoms with Crippen molar-refractivity contribution >= 4 is 81.4 Å². The number of alkyl halides is 1. The summed E-state index contributed by atoms with van der Waals surface area (Å²) in [5.41, 5.74) is 3.81. The standard InChI is InChI=1S/C59H72ClN5O13/c1-8-27-75-57(72)62-48(19-11-13-25-61-56(71)78-59(5,6)7)51(68)30-40-21-23-41(24-22-40)35-77-58(73)63-49-32-52(37(2)29-47(49)55(70)64-26-15-16-43(64)36-76-39(4)67)74-28-14-12-20-53(69)65-34-42(33-60)54-45-18-10-9-17-44(45)46(38(3)66)31-50(54)65/h8-10,17-18,21-24,29,31-32,42-43,48H,1,11-16,19-20,25-28,30,33-36H2,2-7H3,(H,61,71)(H,62,72)(H,63,73)/t42-,43+,48+/m1/s1. The second kappa shape index (κ2) is 28.2. The number of amides is 5. The highest BCUT2D eigenvalue weighted by Crippen LogP contribution is 2.44. The first kappa shape index (κ1) is 59.8. The molecular weight excluding hydrogens is 1020 g/mol. The number of fused-ring (bicyclic) bond motifs is 3. The average Bonchev–Trinajstić information content (AvgIpc) is 4.24. The van der Waals surface area contributed by atoms with Gasteiger partial charge in [-0.1, -0.05) is 61.2 Å². The molecule has 2 aliphatic rings. The first-order chi connectivity index (χ1) is 37.3. The number of anilines is 2. The fraction of sp³-hybridized carbons (Fsp3) is 0.458. The molecule has 2 heterocycles. The number of aryl methyl sites for hydroxylation is 1. The van der Waals surface area contributed by atoms with Gasteiger partial charge in [-0.15, -0.1) is 11.6 Å². The number of carbonyl (C=O) groups is 8. The van der Waals surface area contributed by atoms with Crippen molar-refractivity contribution in [2.45, 2.75) is 130 Å². The van der Waals surface area contributed by atoms with E-state index in [0.717, 1.165) is 16.3 Å². The van der Waals surface area contributed by atoms with Crippen LogP contribution in [0.3, 0.4) is 0 Å². The molecule has 3 atom stereocenters. The molecule has 19 heteroatoms. The Labute approximate surface area is 460 Å². The average molecular weight is 1090 g/mol. The number of esters is 1. The van der Waals surface area contributed by atoms with Gasteiger partial charge in [-0.2, -0.15) is 0 Å². The summed E-state index contributed by atoms with van der Waals surface area (Å²) in [7, 11) is 0. The molecule has 5 amide bonds. The Balaban J connectivity index is 1.07. The van der Waals surface area contributed by atoms with Crippen LogP contribution in [-0.2, 0) is 46.4 Å².